The van der Waals surface area contributed by atoms with Crippen LogP contribution in [-0.2, 0) is 9.59 Å². The molecule has 114 valence electrons. The van der Waals surface area contributed by atoms with E-state index in [1.54, 1.807) is 11.9 Å². The van der Waals surface area contributed by atoms with Gasteiger partial charge in [0.15, 0.2) is 0 Å². The van der Waals surface area contributed by atoms with Crippen LogP contribution in [0.4, 0.5) is 5.69 Å². The molecule has 1 aromatic carbocycles. The minimum atomic E-state index is -0.324. The Balaban J connectivity index is 1.83. The highest BCUT2D eigenvalue weighted by molar-refractivity contribution is 9.10. The quantitative estimate of drug-likeness (QED) is 0.821. The number of carbonyl (C=O) groups is 2. The third-order valence-corrected chi connectivity index (χ3v) is 4.20. The Hall–Kier alpha value is -1.40. The van der Waals surface area contributed by atoms with Gasteiger partial charge in [0.25, 0.3) is 0 Å². The lowest BCUT2D eigenvalue weighted by atomic mass is 10.2. The molecule has 6 heteroatoms. The number of hydrogen-bond acceptors (Lipinski definition) is 3. The molecule has 0 bridgehead atoms. The molecule has 1 fully saturated rings. The topological polar surface area (TPSA) is 61.4 Å². The summed E-state index contributed by atoms with van der Waals surface area (Å²) in [6.07, 6.45) is 2.12. The first kappa shape index (κ1) is 16.0. The summed E-state index contributed by atoms with van der Waals surface area (Å²) in [5.74, 6) is -0.163. The van der Waals surface area contributed by atoms with Crippen molar-refractivity contribution in [3.8, 4) is 0 Å². The van der Waals surface area contributed by atoms with Gasteiger partial charge in [-0.15, -0.1) is 0 Å². The van der Waals surface area contributed by atoms with Gasteiger partial charge in [-0.05, 0) is 54.9 Å². The molecule has 0 unspecified atom stereocenters. The summed E-state index contributed by atoms with van der Waals surface area (Å²) in [5.41, 5.74) is 0.728. The summed E-state index contributed by atoms with van der Waals surface area (Å²) >= 11 is 3.38. The van der Waals surface area contributed by atoms with E-state index in [-0.39, 0.29) is 24.4 Å². The second kappa shape index (κ2) is 7.04. The van der Waals surface area contributed by atoms with Gasteiger partial charge < -0.3 is 10.6 Å². The minimum Gasteiger partial charge on any atom is -0.352 e. The fourth-order valence-electron chi connectivity index (χ4n) is 1.87. The average molecular weight is 354 g/mol. The summed E-state index contributed by atoms with van der Waals surface area (Å²) in [4.78, 5) is 25.7. The van der Waals surface area contributed by atoms with Crippen LogP contribution in [-0.4, -0.2) is 42.4 Å². The third-order valence-electron chi connectivity index (χ3n) is 3.51. The molecule has 2 N–H and O–H groups in total. The predicted octanol–water partition coefficient (Wildman–Crippen LogP) is 1.99. The van der Waals surface area contributed by atoms with E-state index in [1.807, 2.05) is 31.2 Å². The number of anilines is 1. The number of hydrogen-bond donors (Lipinski definition) is 2. The van der Waals surface area contributed by atoms with Crippen molar-refractivity contribution in [2.24, 2.45) is 0 Å². The minimum absolute atomic E-state index is 0.0197. The molecular formula is C15H20BrN3O2. The number of carbonyl (C=O) groups excluding carboxylic acids is 2. The zero-order valence-corrected chi connectivity index (χ0v) is 13.8. The Bertz CT molecular complexity index is 531. The van der Waals surface area contributed by atoms with Gasteiger partial charge in [0.2, 0.25) is 11.8 Å². The monoisotopic (exact) mass is 353 g/mol. The molecule has 0 spiro atoms. The van der Waals surface area contributed by atoms with Gasteiger partial charge in [0, 0.05) is 10.5 Å². The molecule has 2 rings (SSSR count). The molecule has 1 aliphatic carbocycles. The third kappa shape index (κ3) is 4.82. The van der Waals surface area contributed by atoms with Crippen molar-refractivity contribution in [2.75, 3.05) is 18.9 Å². The van der Waals surface area contributed by atoms with Gasteiger partial charge in [-0.25, -0.2) is 0 Å². The number of rotatable bonds is 6. The van der Waals surface area contributed by atoms with Gasteiger partial charge in [-0.3, -0.25) is 14.5 Å². The lowest BCUT2D eigenvalue weighted by molar-refractivity contribution is -0.126. The number of nitrogens with one attached hydrogen (secondary N) is 2. The molecule has 1 aromatic rings. The average Bonchev–Trinajstić information content (AvgIpc) is 3.24. The summed E-state index contributed by atoms with van der Waals surface area (Å²) < 4.78 is 0.834. The Morgan fingerprint density at radius 1 is 1.38 bits per heavy atom. The van der Waals surface area contributed by atoms with Crippen molar-refractivity contribution in [3.05, 3.63) is 28.7 Å². The standard InChI is InChI=1S/C15H20BrN3O2/c1-10(15(21)17-11-7-8-11)19(2)9-14(20)18-13-6-4-3-5-12(13)16/h3-6,10-11H,7-9H2,1-2H3,(H,17,21)(H,18,20)/t10-/m0/s1. The molecule has 21 heavy (non-hydrogen) atoms. The van der Waals surface area contributed by atoms with Crippen LogP contribution in [0, 0.1) is 0 Å². The van der Waals surface area contributed by atoms with Gasteiger partial charge in [0.05, 0.1) is 18.3 Å². The highest BCUT2D eigenvalue weighted by Crippen LogP contribution is 2.21. The van der Waals surface area contributed by atoms with Crippen LogP contribution in [0.5, 0.6) is 0 Å². The van der Waals surface area contributed by atoms with Crippen LogP contribution in [0.25, 0.3) is 0 Å². The maximum Gasteiger partial charge on any atom is 0.238 e. The van der Waals surface area contributed by atoms with Crippen molar-refractivity contribution in [3.63, 3.8) is 0 Å². The summed E-state index contributed by atoms with van der Waals surface area (Å²) in [5, 5.41) is 5.78. The number of nitrogens with zero attached hydrogens (tertiary/aromatic N) is 1. The molecule has 2 amide bonds. The van der Waals surface area contributed by atoms with Gasteiger partial charge >= 0.3 is 0 Å². The second-order valence-electron chi connectivity index (χ2n) is 5.40. The van der Waals surface area contributed by atoms with Crippen LogP contribution >= 0.6 is 15.9 Å². The van der Waals surface area contributed by atoms with E-state index in [9.17, 15) is 9.59 Å². The molecule has 0 aliphatic heterocycles. The van der Waals surface area contributed by atoms with Crippen molar-refractivity contribution in [2.45, 2.75) is 31.8 Å². The normalized spacial score (nSPS) is 15.6. The highest BCUT2D eigenvalue weighted by atomic mass is 79.9. The largest absolute Gasteiger partial charge is 0.352 e. The van der Waals surface area contributed by atoms with E-state index < -0.39 is 0 Å². The smallest absolute Gasteiger partial charge is 0.238 e. The van der Waals surface area contributed by atoms with Crippen LogP contribution in [0.2, 0.25) is 0 Å². The van der Waals surface area contributed by atoms with E-state index in [2.05, 4.69) is 26.6 Å². The zero-order chi connectivity index (χ0) is 15.4. The highest BCUT2D eigenvalue weighted by Gasteiger charge is 2.27. The zero-order valence-electron chi connectivity index (χ0n) is 12.2. The summed E-state index contributed by atoms with van der Waals surface area (Å²) in [6, 6.07) is 7.44. The Labute approximate surface area is 133 Å². The lowest BCUT2D eigenvalue weighted by Crippen LogP contribution is -2.46. The first-order chi connectivity index (χ1) is 9.97. The molecule has 0 radical (unpaired) electrons. The Kier molecular flexibility index (Phi) is 5.36. The second-order valence-corrected chi connectivity index (χ2v) is 6.26. The fourth-order valence-corrected chi connectivity index (χ4v) is 2.25. The summed E-state index contributed by atoms with van der Waals surface area (Å²) in [6.45, 7) is 1.98. The van der Waals surface area contributed by atoms with Crippen LogP contribution in [0.3, 0.4) is 0 Å². The van der Waals surface area contributed by atoms with Crippen molar-refractivity contribution in [1.82, 2.24) is 10.2 Å². The Morgan fingerprint density at radius 3 is 2.67 bits per heavy atom. The van der Waals surface area contributed by atoms with E-state index in [4.69, 9.17) is 0 Å². The van der Waals surface area contributed by atoms with Crippen LogP contribution in [0.1, 0.15) is 19.8 Å². The number of halogens is 1. The van der Waals surface area contributed by atoms with Crippen molar-refractivity contribution < 1.29 is 9.59 Å². The van der Waals surface area contributed by atoms with E-state index in [0.29, 0.717) is 6.04 Å². The van der Waals surface area contributed by atoms with E-state index in [0.717, 1.165) is 23.0 Å². The molecule has 1 aliphatic rings. The summed E-state index contributed by atoms with van der Waals surface area (Å²) in [7, 11) is 1.77. The lowest BCUT2D eigenvalue weighted by Gasteiger charge is -2.23. The molecule has 0 saturated heterocycles. The molecule has 5 nitrogen and oxygen atoms in total. The van der Waals surface area contributed by atoms with Crippen LogP contribution < -0.4 is 10.6 Å². The predicted molar refractivity (Wildman–Crippen MR) is 86.0 cm³/mol. The van der Waals surface area contributed by atoms with E-state index >= 15 is 0 Å². The maximum absolute atomic E-state index is 12.0. The Morgan fingerprint density at radius 2 is 2.05 bits per heavy atom. The number of para-hydroxylation sites is 1. The number of benzene rings is 1. The molecule has 0 aromatic heterocycles. The fraction of sp³-hybridized carbons (Fsp3) is 0.467. The van der Waals surface area contributed by atoms with Gasteiger partial charge in [0.1, 0.15) is 0 Å². The van der Waals surface area contributed by atoms with Crippen molar-refractivity contribution >= 4 is 33.4 Å². The molecule has 0 heterocycles. The van der Waals surface area contributed by atoms with Gasteiger partial charge in [-0.2, -0.15) is 0 Å². The first-order valence-electron chi connectivity index (χ1n) is 7.02. The molecule has 1 atom stereocenters. The SMILES string of the molecule is C[C@@H](C(=O)NC1CC1)N(C)CC(=O)Nc1ccccc1Br. The van der Waals surface area contributed by atoms with E-state index in [1.165, 1.54) is 0 Å². The molecule has 1 saturated carbocycles. The van der Waals surface area contributed by atoms with Gasteiger partial charge in [-0.1, -0.05) is 12.1 Å². The first-order valence-corrected chi connectivity index (χ1v) is 7.81. The maximum atomic E-state index is 12.0. The number of likely N-dealkylation sites (N-methyl/N-ethyl adjacent to an activating group) is 1. The van der Waals surface area contributed by atoms with Crippen molar-refractivity contribution in [1.29, 1.82) is 0 Å². The molecular weight excluding hydrogens is 334 g/mol. The number of amides is 2. The van der Waals surface area contributed by atoms with Crippen LogP contribution in [0.15, 0.2) is 28.7 Å².